The lowest BCUT2D eigenvalue weighted by Gasteiger charge is -2.23. The molecule has 0 radical (unpaired) electrons. The quantitative estimate of drug-likeness (QED) is 0.510. The van der Waals surface area contributed by atoms with Gasteiger partial charge in [-0.15, -0.1) is 6.58 Å². The average molecular weight is 236 g/mol. The van der Waals surface area contributed by atoms with Crippen molar-refractivity contribution in [1.82, 2.24) is 0 Å². The van der Waals surface area contributed by atoms with Crippen LogP contribution < -0.4 is 0 Å². The van der Waals surface area contributed by atoms with Crippen molar-refractivity contribution in [3.63, 3.8) is 0 Å². The van der Waals surface area contributed by atoms with Crippen LogP contribution in [0.25, 0.3) is 0 Å². The van der Waals surface area contributed by atoms with E-state index in [2.05, 4.69) is 33.4 Å². The molecule has 0 amide bonds. The average Bonchev–Trinajstić information content (AvgIpc) is 2.32. The summed E-state index contributed by atoms with van der Waals surface area (Å²) >= 11 is 0. The van der Waals surface area contributed by atoms with E-state index in [-0.39, 0.29) is 5.41 Å². The first-order valence-corrected chi connectivity index (χ1v) is 6.80. The summed E-state index contributed by atoms with van der Waals surface area (Å²) in [5, 5.41) is 0. The van der Waals surface area contributed by atoms with Crippen LogP contribution in [0.3, 0.4) is 0 Å². The molecule has 0 aromatic rings. The van der Waals surface area contributed by atoms with Crippen molar-refractivity contribution in [2.24, 2.45) is 5.41 Å². The van der Waals surface area contributed by atoms with Gasteiger partial charge in [-0.1, -0.05) is 44.9 Å². The highest BCUT2D eigenvalue weighted by atomic mass is 16.1. The molecule has 0 N–H and O–H groups in total. The lowest BCUT2D eigenvalue weighted by molar-refractivity contribution is -0.125. The Morgan fingerprint density at radius 2 is 1.94 bits per heavy atom. The molecule has 0 unspecified atom stereocenters. The van der Waals surface area contributed by atoms with Gasteiger partial charge in [0, 0.05) is 5.41 Å². The van der Waals surface area contributed by atoms with E-state index >= 15 is 0 Å². The fraction of sp³-hybridized carbons (Fsp3) is 0.688. The lowest BCUT2D eigenvalue weighted by atomic mass is 9.79. The van der Waals surface area contributed by atoms with E-state index in [4.69, 9.17) is 0 Å². The van der Waals surface area contributed by atoms with Crippen LogP contribution in [-0.2, 0) is 4.79 Å². The zero-order valence-corrected chi connectivity index (χ0v) is 12.0. The lowest BCUT2D eigenvalue weighted by Crippen LogP contribution is -2.23. The molecule has 0 aliphatic rings. The SMILES string of the molecule is C=CCC/C(=C/C[C@](C)(CC)C(C)=O)CCC. The topological polar surface area (TPSA) is 17.1 Å². The molecule has 0 rings (SSSR count). The number of hydrogen-bond donors (Lipinski definition) is 0. The molecule has 0 aliphatic carbocycles. The van der Waals surface area contributed by atoms with Crippen LogP contribution in [0.1, 0.15) is 66.2 Å². The van der Waals surface area contributed by atoms with E-state index in [1.54, 1.807) is 6.92 Å². The van der Waals surface area contributed by atoms with E-state index in [1.165, 1.54) is 12.0 Å². The van der Waals surface area contributed by atoms with Crippen LogP contribution in [-0.4, -0.2) is 5.78 Å². The molecule has 1 nitrogen and oxygen atoms in total. The number of rotatable bonds is 9. The molecule has 0 aromatic carbocycles. The normalized spacial score (nSPS) is 15.4. The predicted octanol–water partition coefficient (Wildman–Crippen LogP) is 5.07. The zero-order chi connectivity index (χ0) is 13.3. The summed E-state index contributed by atoms with van der Waals surface area (Å²) in [6, 6.07) is 0. The first-order chi connectivity index (χ1) is 8.00. The minimum absolute atomic E-state index is 0.173. The van der Waals surface area contributed by atoms with Gasteiger partial charge in [-0.3, -0.25) is 4.79 Å². The zero-order valence-electron chi connectivity index (χ0n) is 12.0. The molecule has 98 valence electrons. The van der Waals surface area contributed by atoms with Crippen LogP contribution in [0.2, 0.25) is 0 Å². The molecule has 0 aromatic heterocycles. The Morgan fingerprint density at radius 3 is 2.35 bits per heavy atom. The second-order valence-corrected chi connectivity index (χ2v) is 5.11. The summed E-state index contributed by atoms with van der Waals surface area (Å²) in [5.74, 6) is 0.302. The molecule has 1 atom stereocenters. The van der Waals surface area contributed by atoms with E-state index in [0.717, 1.165) is 32.1 Å². The maximum absolute atomic E-state index is 11.6. The summed E-state index contributed by atoms with van der Waals surface area (Å²) in [4.78, 5) is 11.6. The number of Topliss-reactive ketones (excluding diaryl/α,β-unsaturated/α-hetero) is 1. The smallest absolute Gasteiger partial charge is 0.135 e. The number of carbonyl (C=O) groups excluding carboxylic acids is 1. The number of ketones is 1. The third-order valence-electron chi connectivity index (χ3n) is 3.71. The van der Waals surface area contributed by atoms with Gasteiger partial charge in [0.1, 0.15) is 5.78 Å². The van der Waals surface area contributed by atoms with Gasteiger partial charge in [0.15, 0.2) is 0 Å². The van der Waals surface area contributed by atoms with Gasteiger partial charge < -0.3 is 0 Å². The van der Waals surface area contributed by atoms with Crippen LogP contribution in [0.4, 0.5) is 0 Å². The van der Waals surface area contributed by atoms with Crippen LogP contribution in [0.15, 0.2) is 24.3 Å². The second kappa shape index (κ2) is 8.27. The van der Waals surface area contributed by atoms with Gasteiger partial charge in [-0.25, -0.2) is 0 Å². The van der Waals surface area contributed by atoms with Crippen molar-refractivity contribution < 1.29 is 4.79 Å². The third-order valence-corrected chi connectivity index (χ3v) is 3.71. The molecular weight excluding hydrogens is 208 g/mol. The van der Waals surface area contributed by atoms with Gasteiger partial charge >= 0.3 is 0 Å². The Hall–Kier alpha value is -0.850. The number of hydrogen-bond acceptors (Lipinski definition) is 1. The fourth-order valence-electron chi connectivity index (χ4n) is 1.84. The summed E-state index contributed by atoms with van der Waals surface area (Å²) < 4.78 is 0. The van der Waals surface area contributed by atoms with E-state index in [9.17, 15) is 4.79 Å². The first kappa shape index (κ1) is 16.1. The van der Waals surface area contributed by atoms with Crippen molar-refractivity contribution in [2.75, 3.05) is 0 Å². The van der Waals surface area contributed by atoms with Gasteiger partial charge in [0.2, 0.25) is 0 Å². The summed E-state index contributed by atoms with van der Waals surface area (Å²) in [6.45, 7) is 11.8. The molecule has 0 bridgehead atoms. The fourth-order valence-corrected chi connectivity index (χ4v) is 1.84. The Balaban J connectivity index is 4.59. The second-order valence-electron chi connectivity index (χ2n) is 5.11. The summed E-state index contributed by atoms with van der Waals surface area (Å²) in [6.07, 6.45) is 10.5. The Labute approximate surface area is 107 Å². The van der Waals surface area contributed by atoms with Gasteiger partial charge in [0.25, 0.3) is 0 Å². The molecule has 17 heavy (non-hydrogen) atoms. The molecule has 0 saturated heterocycles. The van der Waals surface area contributed by atoms with Crippen LogP contribution in [0, 0.1) is 5.41 Å². The first-order valence-electron chi connectivity index (χ1n) is 6.80. The van der Waals surface area contributed by atoms with Crippen molar-refractivity contribution >= 4 is 5.78 Å². The Kier molecular flexibility index (Phi) is 7.86. The van der Waals surface area contributed by atoms with E-state index < -0.39 is 0 Å². The van der Waals surface area contributed by atoms with Crippen molar-refractivity contribution in [2.45, 2.75) is 66.2 Å². The standard InChI is InChI=1S/C16H28O/c1-6-9-11-15(10-7-2)12-13-16(5,8-3)14(4)17/h6,12H,1,7-11,13H2,2-5H3/b15-12+/t16-/m0/s1. The highest BCUT2D eigenvalue weighted by Crippen LogP contribution is 2.29. The van der Waals surface area contributed by atoms with E-state index in [1.807, 2.05) is 6.08 Å². The van der Waals surface area contributed by atoms with Gasteiger partial charge in [-0.2, -0.15) is 0 Å². The van der Waals surface area contributed by atoms with E-state index in [0.29, 0.717) is 5.78 Å². The molecule has 0 heterocycles. The number of allylic oxidation sites excluding steroid dienone is 3. The molecular formula is C16H28O. The highest BCUT2D eigenvalue weighted by Gasteiger charge is 2.26. The minimum atomic E-state index is -0.173. The largest absolute Gasteiger partial charge is 0.299 e. The molecule has 0 spiro atoms. The maximum Gasteiger partial charge on any atom is 0.135 e. The van der Waals surface area contributed by atoms with Crippen LogP contribution in [0.5, 0.6) is 0 Å². The predicted molar refractivity (Wildman–Crippen MR) is 76.1 cm³/mol. The van der Waals surface area contributed by atoms with Crippen LogP contribution >= 0.6 is 0 Å². The third kappa shape index (κ3) is 5.86. The van der Waals surface area contributed by atoms with Crippen molar-refractivity contribution in [3.8, 4) is 0 Å². The van der Waals surface area contributed by atoms with Crippen molar-refractivity contribution in [3.05, 3.63) is 24.3 Å². The monoisotopic (exact) mass is 236 g/mol. The van der Waals surface area contributed by atoms with Gasteiger partial charge in [-0.05, 0) is 39.0 Å². The summed E-state index contributed by atoms with van der Waals surface area (Å²) in [5.41, 5.74) is 1.31. The minimum Gasteiger partial charge on any atom is -0.299 e. The number of carbonyl (C=O) groups is 1. The van der Waals surface area contributed by atoms with Crippen molar-refractivity contribution in [1.29, 1.82) is 0 Å². The highest BCUT2D eigenvalue weighted by molar-refractivity contribution is 5.82. The molecule has 0 saturated carbocycles. The Morgan fingerprint density at radius 1 is 1.29 bits per heavy atom. The molecule has 1 heteroatoms. The van der Waals surface area contributed by atoms with Gasteiger partial charge in [0.05, 0.1) is 0 Å². The Bertz CT molecular complexity index is 275. The maximum atomic E-state index is 11.6. The molecule has 0 fully saturated rings. The summed E-state index contributed by atoms with van der Waals surface area (Å²) in [7, 11) is 0. The molecule has 0 aliphatic heterocycles.